The van der Waals surface area contributed by atoms with Crippen LogP contribution in [0.3, 0.4) is 0 Å². The molecule has 0 aliphatic heterocycles. The third-order valence-electron chi connectivity index (χ3n) is 2.51. The maximum Gasteiger partial charge on any atom is 0.270 e. The fraction of sp³-hybridized carbons (Fsp3) is 0.417. The molecule has 1 aromatic carbocycles. The number of nitro benzene ring substituents is 1. The predicted octanol–water partition coefficient (Wildman–Crippen LogP) is 2.04. The van der Waals surface area contributed by atoms with Gasteiger partial charge in [0.2, 0.25) is 0 Å². The highest BCUT2D eigenvalue weighted by atomic mass is 79.9. The first-order valence-electron chi connectivity index (χ1n) is 5.62. The molecular formula is C12H15BrN2O4. The number of alkyl halides is 1. The lowest BCUT2D eigenvalue weighted by Crippen LogP contribution is -2.31. The molecule has 0 aromatic heterocycles. The van der Waals surface area contributed by atoms with E-state index < -0.39 is 4.92 Å². The molecule has 0 saturated carbocycles. The maximum atomic E-state index is 12.0. The minimum Gasteiger partial charge on any atom is -0.383 e. The summed E-state index contributed by atoms with van der Waals surface area (Å²) in [4.78, 5) is 22.1. The second-order valence-corrected chi connectivity index (χ2v) is 5.31. The van der Waals surface area contributed by atoms with Crippen LogP contribution in [0, 0.1) is 17.0 Å². The van der Waals surface area contributed by atoms with Crippen LogP contribution >= 0.6 is 15.9 Å². The topological polar surface area (TPSA) is 81.5 Å². The second-order valence-electron chi connectivity index (χ2n) is 4.02. The van der Waals surface area contributed by atoms with Gasteiger partial charge in [-0.2, -0.15) is 0 Å². The molecule has 1 N–H and O–H groups in total. The molecule has 0 bridgehead atoms. The summed E-state index contributed by atoms with van der Waals surface area (Å²) >= 11 is 3.35. The normalized spacial score (nSPS) is 11.9. The van der Waals surface area contributed by atoms with Crippen molar-refractivity contribution in [1.29, 1.82) is 0 Å². The van der Waals surface area contributed by atoms with Gasteiger partial charge in [-0.3, -0.25) is 14.9 Å². The molecule has 0 radical (unpaired) electrons. The molecule has 1 atom stereocenters. The highest BCUT2D eigenvalue weighted by molar-refractivity contribution is 9.09. The molecule has 0 aliphatic carbocycles. The van der Waals surface area contributed by atoms with E-state index in [0.29, 0.717) is 24.3 Å². The number of methoxy groups -OCH3 is 1. The van der Waals surface area contributed by atoms with E-state index in [9.17, 15) is 14.9 Å². The van der Waals surface area contributed by atoms with Gasteiger partial charge in [0.15, 0.2) is 0 Å². The predicted molar refractivity (Wildman–Crippen MR) is 74.8 cm³/mol. The molecule has 0 fully saturated rings. The third kappa shape index (κ3) is 4.60. The van der Waals surface area contributed by atoms with Gasteiger partial charge >= 0.3 is 0 Å². The molecule has 0 saturated heterocycles. The second kappa shape index (κ2) is 7.20. The average Bonchev–Trinajstić information content (AvgIpc) is 2.36. The monoisotopic (exact) mass is 330 g/mol. The molecule has 0 aliphatic rings. The van der Waals surface area contributed by atoms with Crippen LogP contribution in [0.1, 0.15) is 15.9 Å². The van der Waals surface area contributed by atoms with Crippen LogP contribution in [0.2, 0.25) is 0 Å². The van der Waals surface area contributed by atoms with Crippen molar-refractivity contribution in [3.8, 4) is 0 Å². The number of nitrogens with zero attached hydrogens (tertiary/aromatic N) is 1. The zero-order chi connectivity index (χ0) is 14.4. The van der Waals surface area contributed by atoms with Gasteiger partial charge in [-0.1, -0.05) is 22.0 Å². The van der Waals surface area contributed by atoms with Gasteiger partial charge in [-0.25, -0.2) is 0 Å². The number of carbonyl (C=O) groups excluding carboxylic acids is 1. The first-order chi connectivity index (χ1) is 8.95. The van der Waals surface area contributed by atoms with Gasteiger partial charge in [-0.05, 0) is 12.5 Å². The molecule has 19 heavy (non-hydrogen) atoms. The molecule has 6 nitrogen and oxygen atoms in total. The van der Waals surface area contributed by atoms with Crippen LogP contribution in [0.15, 0.2) is 18.2 Å². The Morgan fingerprint density at radius 3 is 2.84 bits per heavy atom. The van der Waals surface area contributed by atoms with Gasteiger partial charge in [0.25, 0.3) is 11.6 Å². The van der Waals surface area contributed by atoms with Crippen molar-refractivity contribution in [3.63, 3.8) is 0 Å². The summed E-state index contributed by atoms with van der Waals surface area (Å²) in [6, 6.07) is 4.22. The Kier molecular flexibility index (Phi) is 5.91. The van der Waals surface area contributed by atoms with Crippen molar-refractivity contribution >= 4 is 27.5 Å². The Balaban J connectivity index is 2.76. The zero-order valence-electron chi connectivity index (χ0n) is 10.7. The van der Waals surface area contributed by atoms with E-state index in [0.717, 1.165) is 0 Å². The summed E-state index contributed by atoms with van der Waals surface area (Å²) < 4.78 is 4.93. The number of amides is 1. The summed E-state index contributed by atoms with van der Waals surface area (Å²) in [5.74, 6) is -0.332. The van der Waals surface area contributed by atoms with Gasteiger partial charge < -0.3 is 10.1 Å². The lowest BCUT2D eigenvalue weighted by Gasteiger charge is -2.11. The SMILES string of the molecule is COCC(Br)CNC(=O)c1cc([N+](=O)[O-])ccc1C. The number of halogens is 1. The van der Waals surface area contributed by atoms with Crippen LogP contribution in [0.4, 0.5) is 5.69 Å². The van der Waals surface area contributed by atoms with Crippen molar-refractivity contribution in [2.45, 2.75) is 11.8 Å². The average molecular weight is 331 g/mol. The van der Waals surface area contributed by atoms with E-state index in [2.05, 4.69) is 21.2 Å². The van der Waals surface area contributed by atoms with Gasteiger partial charge in [0.05, 0.1) is 16.4 Å². The summed E-state index contributed by atoms with van der Waals surface area (Å²) in [5, 5.41) is 13.4. The van der Waals surface area contributed by atoms with E-state index in [-0.39, 0.29) is 16.4 Å². The van der Waals surface area contributed by atoms with E-state index in [1.165, 1.54) is 12.1 Å². The number of rotatable bonds is 6. The number of benzene rings is 1. The van der Waals surface area contributed by atoms with E-state index in [1.54, 1.807) is 20.1 Å². The standard InChI is InChI=1S/C12H15BrN2O4/c1-8-3-4-10(15(17)18)5-11(8)12(16)14-6-9(13)7-19-2/h3-5,9H,6-7H2,1-2H3,(H,14,16). The highest BCUT2D eigenvalue weighted by Crippen LogP contribution is 2.17. The van der Waals surface area contributed by atoms with Crippen LogP contribution in [0.5, 0.6) is 0 Å². The third-order valence-corrected chi connectivity index (χ3v) is 3.10. The number of nitrogens with one attached hydrogen (secondary N) is 1. The molecule has 1 unspecified atom stereocenters. The zero-order valence-corrected chi connectivity index (χ0v) is 12.3. The van der Waals surface area contributed by atoms with Crippen LogP contribution in [-0.2, 0) is 4.74 Å². The summed E-state index contributed by atoms with van der Waals surface area (Å²) in [7, 11) is 1.57. The maximum absolute atomic E-state index is 12.0. The minimum absolute atomic E-state index is 0.000421. The van der Waals surface area contributed by atoms with Crippen LogP contribution < -0.4 is 5.32 Å². The van der Waals surface area contributed by atoms with Gasteiger partial charge in [0.1, 0.15) is 0 Å². The van der Waals surface area contributed by atoms with Crippen LogP contribution in [0.25, 0.3) is 0 Å². The lowest BCUT2D eigenvalue weighted by molar-refractivity contribution is -0.384. The molecule has 7 heteroatoms. The van der Waals surface area contributed by atoms with E-state index >= 15 is 0 Å². The molecule has 1 amide bonds. The van der Waals surface area contributed by atoms with Gasteiger partial charge in [0, 0.05) is 31.4 Å². The van der Waals surface area contributed by atoms with E-state index in [4.69, 9.17) is 4.74 Å². The van der Waals surface area contributed by atoms with E-state index in [1.807, 2.05) is 0 Å². The molecule has 1 aromatic rings. The highest BCUT2D eigenvalue weighted by Gasteiger charge is 2.15. The summed E-state index contributed by atoms with van der Waals surface area (Å²) in [6.45, 7) is 2.59. The molecule has 104 valence electrons. The first kappa shape index (κ1) is 15.6. The summed E-state index contributed by atoms with van der Waals surface area (Å²) in [5.41, 5.74) is 0.912. The number of ether oxygens (including phenoxy) is 1. The lowest BCUT2D eigenvalue weighted by atomic mass is 10.1. The van der Waals surface area contributed by atoms with Crippen molar-refractivity contribution < 1.29 is 14.5 Å². The summed E-state index contributed by atoms with van der Waals surface area (Å²) in [6.07, 6.45) is 0. The molecule has 0 heterocycles. The largest absolute Gasteiger partial charge is 0.383 e. The number of nitro groups is 1. The minimum atomic E-state index is -0.519. The number of carbonyl (C=O) groups is 1. The molecule has 0 spiro atoms. The molecular weight excluding hydrogens is 316 g/mol. The van der Waals surface area contributed by atoms with Crippen LogP contribution in [-0.4, -0.2) is 35.9 Å². The number of non-ortho nitro benzene ring substituents is 1. The van der Waals surface area contributed by atoms with Crippen molar-refractivity contribution in [2.24, 2.45) is 0 Å². The number of hydrogen-bond donors (Lipinski definition) is 1. The van der Waals surface area contributed by atoms with Crippen molar-refractivity contribution in [2.75, 3.05) is 20.3 Å². The molecule has 1 rings (SSSR count). The Morgan fingerprint density at radius 2 is 2.26 bits per heavy atom. The Hall–Kier alpha value is -1.47. The van der Waals surface area contributed by atoms with Crippen molar-refractivity contribution in [3.05, 3.63) is 39.4 Å². The Morgan fingerprint density at radius 1 is 1.58 bits per heavy atom. The number of aryl methyl sites for hydroxylation is 1. The number of hydrogen-bond acceptors (Lipinski definition) is 4. The smallest absolute Gasteiger partial charge is 0.270 e. The van der Waals surface area contributed by atoms with Crippen molar-refractivity contribution in [1.82, 2.24) is 5.32 Å². The Bertz CT molecular complexity index is 479. The first-order valence-corrected chi connectivity index (χ1v) is 6.53. The van der Waals surface area contributed by atoms with Gasteiger partial charge in [-0.15, -0.1) is 0 Å². The fourth-order valence-corrected chi connectivity index (χ4v) is 1.93. The Labute approximate surface area is 119 Å². The quantitative estimate of drug-likeness (QED) is 0.491. The fourth-order valence-electron chi connectivity index (χ4n) is 1.51.